The zero-order valence-corrected chi connectivity index (χ0v) is 13.1. The maximum absolute atomic E-state index is 13.1. The molecule has 0 saturated carbocycles. The van der Waals surface area contributed by atoms with Gasteiger partial charge < -0.3 is 5.32 Å². The number of hydrogen-bond acceptors (Lipinski definition) is 5. The van der Waals surface area contributed by atoms with Gasteiger partial charge in [-0.1, -0.05) is 37.7 Å². The number of aromatic nitrogens is 4. The molecule has 0 unspecified atom stereocenters. The van der Waals surface area contributed by atoms with Gasteiger partial charge in [0.1, 0.15) is 5.82 Å². The summed E-state index contributed by atoms with van der Waals surface area (Å²) < 4.78 is 14.9. The molecule has 0 bridgehead atoms. The van der Waals surface area contributed by atoms with Crippen molar-refractivity contribution in [1.29, 1.82) is 0 Å². The van der Waals surface area contributed by atoms with Gasteiger partial charge in [0.25, 0.3) is 0 Å². The molecule has 0 saturated heterocycles. The van der Waals surface area contributed by atoms with Crippen molar-refractivity contribution in [2.75, 3.05) is 13.1 Å². The highest BCUT2D eigenvalue weighted by Crippen LogP contribution is 2.20. The smallest absolute Gasteiger partial charge is 0.209 e. The van der Waals surface area contributed by atoms with E-state index in [0.717, 1.165) is 30.4 Å². The Morgan fingerprint density at radius 1 is 1.38 bits per heavy atom. The second-order valence-corrected chi connectivity index (χ2v) is 6.14. The first-order valence-corrected chi connectivity index (χ1v) is 7.98. The van der Waals surface area contributed by atoms with Crippen molar-refractivity contribution in [2.45, 2.75) is 31.3 Å². The number of tetrazole rings is 1. The van der Waals surface area contributed by atoms with Crippen molar-refractivity contribution in [3.8, 4) is 0 Å². The Morgan fingerprint density at radius 2 is 2.24 bits per heavy atom. The Balaban J connectivity index is 1.82. The fourth-order valence-electron chi connectivity index (χ4n) is 1.79. The summed E-state index contributed by atoms with van der Waals surface area (Å²) in [5, 5.41) is 15.8. The average Bonchev–Trinajstić information content (AvgIpc) is 2.89. The summed E-state index contributed by atoms with van der Waals surface area (Å²) >= 11 is 1.51. The Morgan fingerprint density at radius 3 is 3.00 bits per heavy atom. The Labute approximate surface area is 128 Å². The van der Waals surface area contributed by atoms with Gasteiger partial charge in [0.15, 0.2) is 0 Å². The second-order valence-electron chi connectivity index (χ2n) is 5.20. The average molecular weight is 309 g/mol. The quantitative estimate of drug-likeness (QED) is 0.599. The summed E-state index contributed by atoms with van der Waals surface area (Å²) in [6, 6.07) is 6.59. The zero-order chi connectivity index (χ0) is 15.1. The van der Waals surface area contributed by atoms with E-state index in [1.54, 1.807) is 10.7 Å². The van der Waals surface area contributed by atoms with Gasteiger partial charge in [0, 0.05) is 12.3 Å². The van der Waals surface area contributed by atoms with Gasteiger partial charge >= 0.3 is 0 Å². The highest BCUT2D eigenvalue weighted by molar-refractivity contribution is 7.98. The fourth-order valence-corrected chi connectivity index (χ4v) is 2.64. The third-order valence-corrected chi connectivity index (χ3v) is 3.84. The van der Waals surface area contributed by atoms with Crippen LogP contribution in [0.4, 0.5) is 4.39 Å². The molecule has 21 heavy (non-hydrogen) atoms. The third kappa shape index (κ3) is 5.43. The topological polar surface area (TPSA) is 55.6 Å². The van der Waals surface area contributed by atoms with Crippen LogP contribution in [-0.4, -0.2) is 33.3 Å². The highest BCUT2D eigenvalue weighted by atomic mass is 32.2. The molecule has 0 aliphatic heterocycles. The predicted octanol–water partition coefficient (Wildman–Crippen LogP) is 2.35. The van der Waals surface area contributed by atoms with Gasteiger partial charge in [-0.2, -0.15) is 0 Å². The van der Waals surface area contributed by atoms with Crippen molar-refractivity contribution in [2.24, 2.45) is 5.92 Å². The van der Waals surface area contributed by atoms with Crippen molar-refractivity contribution in [3.05, 3.63) is 35.6 Å². The monoisotopic (exact) mass is 309 g/mol. The van der Waals surface area contributed by atoms with E-state index in [4.69, 9.17) is 0 Å². The molecule has 7 heteroatoms. The summed E-state index contributed by atoms with van der Waals surface area (Å²) in [6.45, 7) is 6.88. The Kier molecular flexibility index (Phi) is 6.13. The van der Waals surface area contributed by atoms with Crippen LogP contribution >= 0.6 is 11.8 Å². The lowest BCUT2D eigenvalue weighted by Gasteiger charge is -2.08. The van der Waals surface area contributed by atoms with Crippen molar-refractivity contribution in [3.63, 3.8) is 0 Å². The minimum absolute atomic E-state index is 0.217. The minimum Gasteiger partial charge on any atom is -0.315 e. The lowest BCUT2D eigenvalue weighted by atomic mass is 10.2. The molecule has 1 aromatic carbocycles. The van der Waals surface area contributed by atoms with E-state index in [9.17, 15) is 4.39 Å². The van der Waals surface area contributed by atoms with Crippen LogP contribution < -0.4 is 5.32 Å². The molecule has 0 amide bonds. The van der Waals surface area contributed by atoms with Gasteiger partial charge in [-0.05, 0) is 40.6 Å². The van der Waals surface area contributed by atoms with Crippen molar-refractivity contribution in [1.82, 2.24) is 25.5 Å². The molecule has 0 radical (unpaired) electrons. The number of rotatable bonds is 8. The standard InChI is InChI=1S/C14H20FN5S/c1-11(2)9-16-6-7-20-14(17-18-19-20)21-10-12-4-3-5-13(15)8-12/h3-5,8,11,16H,6-7,9-10H2,1-2H3. The van der Waals surface area contributed by atoms with Crippen LogP contribution in [0.15, 0.2) is 29.4 Å². The van der Waals surface area contributed by atoms with Crippen LogP contribution in [0.5, 0.6) is 0 Å². The molecule has 5 nitrogen and oxygen atoms in total. The number of thioether (sulfide) groups is 1. The van der Waals surface area contributed by atoms with Gasteiger partial charge in [-0.15, -0.1) is 5.10 Å². The lowest BCUT2D eigenvalue weighted by molar-refractivity contribution is 0.482. The van der Waals surface area contributed by atoms with Crippen LogP contribution in [0, 0.1) is 11.7 Å². The van der Waals surface area contributed by atoms with Gasteiger partial charge in [-0.3, -0.25) is 0 Å². The number of benzene rings is 1. The van der Waals surface area contributed by atoms with E-state index in [2.05, 4.69) is 34.7 Å². The summed E-state index contributed by atoms with van der Waals surface area (Å²) in [6.07, 6.45) is 0. The molecular formula is C14H20FN5S. The van der Waals surface area contributed by atoms with Gasteiger partial charge in [0.2, 0.25) is 5.16 Å². The van der Waals surface area contributed by atoms with Crippen LogP contribution in [0.3, 0.4) is 0 Å². The van der Waals surface area contributed by atoms with Crippen LogP contribution in [0.2, 0.25) is 0 Å². The van der Waals surface area contributed by atoms with Crippen molar-refractivity contribution < 1.29 is 4.39 Å². The first-order chi connectivity index (χ1) is 10.1. The molecule has 0 spiro atoms. The first kappa shape index (κ1) is 15.9. The largest absolute Gasteiger partial charge is 0.315 e. The van der Waals surface area contributed by atoms with E-state index >= 15 is 0 Å². The normalized spacial score (nSPS) is 11.2. The van der Waals surface area contributed by atoms with E-state index in [1.807, 2.05) is 6.07 Å². The van der Waals surface area contributed by atoms with E-state index in [0.29, 0.717) is 11.7 Å². The highest BCUT2D eigenvalue weighted by Gasteiger charge is 2.07. The predicted molar refractivity (Wildman–Crippen MR) is 81.5 cm³/mol. The fraction of sp³-hybridized carbons (Fsp3) is 0.500. The van der Waals surface area contributed by atoms with Gasteiger partial charge in [0.05, 0.1) is 6.54 Å². The molecule has 1 N–H and O–H groups in total. The molecule has 0 fully saturated rings. The van der Waals surface area contributed by atoms with Crippen LogP contribution in [-0.2, 0) is 12.3 Å². The number of nitrogens with one attached hydrogen (secondary N) is 1. The second kappa shape index (κ2) is 8.09. The summed E-state index contributed by atoms with van der Waals surface area (Å²) in [5.41, 5.74) is 0.924. The minimum atomic E-state index is -0.217. The molecule has 2 aromatic rings. The zero-order valence-electron chi connectivity index (χ0n) is 12.3. The molecule has 0 atom stereocenters. The summed E-state index contributed by atoms with van der Waals surface area (Å²) in [7, 11) is 0. The summed E-state index contributed by atoms with van der Waals surface area (Å²) in [4.78, 5) is 0. The molecule has 1 heterocycles. The first-order valence-electron chi connectivity index (χ1n) is 6.99. The summed E-state index contributed by atoms with van der Waals surface area (Å²) in [5.74, 6) is 1.06. The molecule has 2 rings (SSSR count). The Bertz CT molecular complexity index is 558. The van der Waals surface area contributed by atoms with E-state index < -0.39 is 0 Å². The van der Waals surface area contributed by atoms with E-state index in [-0.39, 0.29) is 5.82 Å². The maximum Gasteiger partial charge on any atom is 0.209 e. The van der Waals surface area contributed by atoms with Crippen LogP contribution in [0.1, 0.15) is 19.4 Å². The molecule has 114 valence electrons. The molecular weight excluding hydrogens is 289 g/mol. The van der Waals surface area contributed by atoms with Crippen molar-refractivity contribution >= 4 is 11.8 Å². The maximum atomic E-state index is 13.1. The number of halogens is 1. The third-order valence-electron chi connectivity index (χ3n) is 2.81. The SMILES string of the molecule is CC(C)CNCCn1nnnc1SCc1cccc(F)c1. The van der Waals surface area contributed by atoms with E-state index in [1.165, 1.54) is 23.9 Å². The van der Waals surface area contributed by atoms with Crippen LogP contribution in [0.25, 0.3) is 0 Å². The number of nitrogens with zero attached hydrogens (tertiary/aromatic N) is 4. The Hall–Kier alpha value is -1.47. The molecule has 1 aromatic heterocycles. The lowest BCUT2D eigenvalue weighted by Crippen LogP contribution is -2.24. The number of hydrogen-bond donors (Lipinski definition) is 1. The molecule has 0 aliphatic carbocycles. The molecule has 0 aliphatic rings. The van der Waals surface area contributed by atoms with Gasteiger partial charge in [-0.25, -0.2) is 9.07 Å².